The second kappa shape index (κ2) is 3.91. The summed E-state index contributed by atoms with van der Waals surface area (Å²) < 4.78 is 63.7. The molecule has 0 saturated heterocycles. The summed E-state index contributed by atoms with van der Waals surface area (Å²) in [6.45, 7) is 0. The molecule has 0 atom stereocenters. The molecule has 0 aliphatic rings. The van der Waals surface area contributed by atoms with Crippen LogP contribution in [0, 0.1) is 21.7 Å². The van der Waals surface area contributed by atoms with Crippen LogP contribution in [0.3, 0.4) is 0 Å². The van der Waals surface area contributed by atoms with Gasteiger partial charge in [0.15, 0.2) is 5.82 Å². The lowest BCUT2D eigenvalue weighted by Gasteiger charge is -2.08. The Morgan fingerprint density at radius 1 is 1.25 bits per heavy atom. The van der Waals surface area contributed by atoms with E-state index in [-0.39, 0.29) is 12.1 Å². The minimum Gasteiger partial charge on any atom is -0.405 e. The first-order chi connectivity index (χ1) is 7.20. The summed E-state index contributed by atoms with van der Waals surface area (Å²) >= 11 is 0. The first kappa shape index (κ1) is 12.1. The highest BCUT2D eigenvalue weighted by Crippen LogP contribution is 2.29. The van der Waals surface area contributed by atoms with Gasteiger partial charge < -0.3 is 4.74 Å². The molecule has 1 aromatic rings. The molecule has 1 aromatic carbocycles. The van der Waals surface area contributed by atoms with Crippen molar-refractivity contribution in [3.8, 4) is 5.75 Å². The van der Waals surface area contributed by atoms with E-state index >= 15 is 0 Å². The summed E-state index contributed by atoms with van der Waals surface area (Å²) in [5, 5.41) is 10.2. The van der Waals surface area contributed by atoms with Gasteiger partial charge in [-0.05, 0) is 0 Å². The largest absolute Gasteiger partial charge is 0.573 e. The molecule has 0 radical (unpaired) electrons. The van der Waals surface area contributed by atoms with Crippen LogP contribution in [0.15, 0.2) is 12.1 Å². The van der Waals surface area contributed by atoms with Gasteiger partial charge >= 0.3 is 12.0 Å². The van der Waals surface area contributed by atoms with Gasteiger partial charge in [-0.3, -0.25) is 10.1 Å². The van der Waals surface area contributed by atoms with Crippen molar-refractivity contribution in [1.82, 2.24) is 0 Å². The Morgan fingerprint density at radius 2 is 1.81 bits per heavy atom. The van der Waals surface area contributed by atoms with E-state index in [0.29, 0.717) is 0 Å². The van der Waals surface area contributed by atoms with Crippen LogP contribution >= 0.6 is 0 Å². The lowest BCUT2D eigenvalue weighted by Crippen LogP contribution is -2.17. The number of halogens is 5. The molecule has 0 aliphatic carbocycles. The molecule has 88 valence electrons. The summed E-state index contributed by atoms with van der Waals surface area (Å²) in [6, 6.07) is 0.210. The first-order valence-corrected chi connectivity index (χ1v) is 3.60. The third-order valence-corrected chi connectivity index (χ3v) is 1.41. The van der Waals surface area contributed by atoms with E-state index in [1.54, 1.807) is 0 Å². The molecule has 0 aliphatic heterocycles. The highest BCUT2D eigenvalue weighted by molar-refractivity contribution is 5.40. The molecule has 0 saturated carbocycles. The Balaban J connectivity index is 3.19. The minimum atomic E-state index is -5.14. The van der Waals surface area contributed by atoms with Gasteiger partial charge in [-0.2, -0.15) is 4.39 Å². The van der Waals surface area contributed by atoms with Gasteiger partial charge in [0.25, 0.3) is 0 Å². The second-order valence-electron chi connectivity index (χ2n) is 2.54. The zero-order valence-corrected chi connectivity index (χ0v) is 7.22. The van der Waals surface area contributed by atoms with Crippen molar-refractivity contribution in [2.75, 3.05) is 0 Å². The van der Waals surface area contributed by atoms with Crippen molar-refractivity contribution < 1.29 is 31.6 Å². The van der Waals surface area contributed by atoms with E-state index in [2.05, 4.69) is 4.74 Å². The van der Waals surface area contributed by atoms with E-state index in [1.165, 1.54) is 0 Å². The maximum Gasteiger partial charge on any atom is 0.573 e. The van der Waals surface area contributed by atoms with Gasteiger partial charge in [0.05, 0.1) is 11.0 Å². The monoisotopic (exact) mass is 243 g/mol. The Labute approximate surface area is 84.4 Å². The van der Waals surface area contributed by atoms with E-state index in [4.69, 9.17) is 0 Å². The van der Waals surface area contributed by atoms with Gasteiger partial charge in [-0.25, -0.2) is 4.39 Å². The molecule has 0 aromatic heterocycles. The van der Waals surface area contributed by atoms with Crippen LogP contribution in [0.4, 0.5) is 27.6 Å². The number of nitro benzene ring substituents is 1. The van der Waals surface area contributed by atoms with Crippen LogP contribution < -0.4 is 4.74 Å². The molecule has 0 bridgehead atoms. The molecule has 0 amide bonds. The average Bonchev–Trinajstić information content (AvgIpc) is 2.07. The van der Waals surface area contributed by atoms with E-state index in [0.717, 1.165) is 0 Å². The number of hydrogen-bond donors (Lipinski definition) is 0. The maximum atomic E-state index is 12.7. The zero-order valence-electron chi connectivity index (χ0n) is 7.22. The molecule has 1 rings (SSSR count). The summed E-state index contributed by atoms with van der Waals surface area (Å²) in [6.07, 6.45) is -5.14. The van der Waals surface area contributed by atoms with Gasteiger partial charge in [-0.15, -0.1) is 13.2 Å². The lowest BCUT2D eigenvalue weighted by molar-refractivity contribution is -0.388. The first-order valence-electron chi connectivity index (χ1n) is 3.60. The molecule has 0 N–H and O–H groups in total. The minimum absolute atomic E-state index is 0.0653. The van der Waals surface area contributed by atoms with Crippen molar-refractivity contribution in [3.63, 3.8) is 0 Å². The summed E-state index contributed by atoms with van der Waals surface area (Å²) in [7, 11) is 0. The van der Waals surface area contributed by atoms with Crippen LogP contribution in [0.25, 0.3) is 0 Å². The van der Waals surface area contributed by atoms with Gasteiger partial charge in [-0.1, -0.05) is 0 Å². The molecule has 4 nitrogen and oxygen atoms in total. The number of nitrogens with zero attached hydrogens (tertiary/aromatic N) is 1. The maximum absolute atomic E-state index is 12.7. The lowest BCUT2D eigenvalue weighted by atomic mass is 10.3. The van der Waals surface area contributed by atoms with Crippen molar-refractivity contribution >= 4 is 5.69 Å². The predicted octanol–water partition coefficient (Wildman–Crippen LogP) is 2.77. The fourth-order valence-corrected chi connectivity index (χ4v) is 0.876. The van der Waals surface area contributed by atoms with E-state index in [1.807, 2.05) is 0 Å². The number of ether oxygens (including phenoxy) is 1. The molecular weight excluding hydrogens is 241 g/mol. The van der Waals surface area contributed by atoms with Crippen LogP contribution in [0.1, 0.15) is 0 Å². The van der Waals surface area contributed by atoms with Crippen molar-refractivity contribution in [3.05, 3.63) is 33.9 Å². The van der Waals surface area contributed by atoms with Crippen LogP contribution in [0.5, 0.6) is 5.75 Å². The van der Waals surface area contributed by atoms with Crippen LogP contribution in [0.2, 0.25) is 0 Å². The van der Waals surface area contributed by atoms with Gasteiger partial charge in [0.1, 0.15) is 5.75 Å². The smallest absolute Gasteiger partial charge is 0.405 e. The fourth-order valence-electron chi connectivity index (χ4n) is 0.876. The fraction of sp³-hybridized carbons (Fsp3) is 0.143. The number of rotatable bonds is 2. The summed E-state index contributed by atoms with van der Waals surface area (Å²) in [5.41, 5.74) is -1.43. The second-order valence-corrected chi connectivity index (χ2v) is 2.54. The van der Waals surface area contributed by atoms with E-state index < -0.39 is 34.4 Å². The molecule has 16 heavy (non-hydrogen) atoms. The number of hydrogen-bond acceptors (Lipinski definition) is 3. The molecule has 0 spiro atoms. The van der Waals surface area contributed by atoms with Gasteiger partial charge in [0, 0.05) is 6.07 Å². The third kappa shape index (κ3) is 2.78. The van der Waals surface area contributed by atoms with Crippen LogP contribution in [-0.2, 0) is 0 Å². The predicted molar refractivity (Wildman–Crippen MR) is 39.7 cm³/mol. The van der Waals surface area contributed by atoms with Crippen LogP contribution in [-0.4, -0.2) is 11.3 Å². The number of alkyl halides is 3. The van der Waals surface area contributed by atoms with Crippen molar-refractivity contribution in [1.29, 1.82) is 0 Å². The SMILES string of the molecule is O=[N+]([O-])c1cc(OC(F)(F)F)cc(F)c1F. The Hall–Kier alpha value is -1.93. The highest BCUT2D eigenvalue weighted by atomic mass is 19.4. The highest BCUT2D eigenvalue weighted by Gasteiger charge is 2.33. The molecule has 0 fully saturated rings. The van der Waals surface area contributed by atoms with Crippen molar-refractivity contribution in [2.24, 2.45) is 0 Å². The standard InChI is InChI=1S/C7H2F5NO3/c8-4-1-3(16-7(10,11)12)2-5(6(4)9)13(14)15/h1-2H. The van der Waals surface area contributed by atoms with Crippen molar-refractivity contribution in [2.45, 2.75) is 6.36 Å². The Kier molecular flexibility index (Phi) is 2.97. The number of nitro groups is 1. The zero-order chi connectivity index (χ0) is 12.5. The molecule has 0 heterocycles. The average molecular weight is 243 g/mol. The normalized spacial score (nSPS) is 11.3. The Bertz CT molecular complexity index is 431. The third-order valence-electron chi connectivity index (χ3n) is 1.41. The van der Waals surface area contributed by atoms with Gasteiger partial charge in [0.2, 0.25) is 5.82 Å². The Morgan fingerprint density at radius 3 is 2.25 bits per heavy atom. The van der Waals surface area contributed by atoms with E-state index in [9.17, 15) is 32.1 Å². The molecule has 0 unspecified atom stereocenters. The topological polar surface area (TPSA) is 52.4 Å². The summed E-state index contributed by atoms with van der Waals surface area (Å²) in [5.74, 6) is -4.84. The number of benzene rings is 1. The summed E-state index contributed by atoms with van der Waals surface area (Å²) in [4.78, 5) is 8.79. The molecular formula is C7H2F5NO3. The molecule has 9 heteroatoms. The quantitative estimate of drug-likeness (QED) is 0.456.